The number of carboxylic acid groups (broad SMARTS) is 1. The fourth-order valence-electron chi connectivity index (χ4n) is 1.54. The summed E-state index contributed by atoms with van der Waals surface area (Å²) in [5.74, 6) is -1.49. The predicted octanol–water partition coefficient (Wildman–Crippen LogP) is 1.77. The second-order valence-corrected chi connectivity index (χ2v) is 3.77. The van der Waals surface area contributed by atoms with Gasteiger partial charge in [-0.2, -0.15) is 5.26 Å². The van der Waals surface area contributed by atoms with Crippen LogP contribution in [-0.2, 0) is 11.3 Å². The zero-order chi connectivity index (χ0) is 13.5. The van der Waals surface area contributed by atoms with Crippen LogP contribution >= 0.6 is 0 Å². The van der Waals surface area contributed by atoms with Crippen molar-refractivity contribution in [2.24, 2.45) is 0 Å². The number of carboxylic acids is 1. The largest absolute Gasteiger partial charge is 0.480 e. The van der Waals surface area contributed by atoms with Crippen molar-refractivity contribution < 1.29 is 14.3 Å². The Kier molecular flexibility index (Phi) is 5.03. The number of hydrogen-bond donors (Lipinski definition) is 1. The summed E-state index contributed by atoms with van der Waals surface area (Å²) >= 11 is 0. The van der Waals surface area contributed by atoms with E-state index in [9.17, 15) is 9.18 Å². The lowest BCUT2D eigenvalue weighted by molar-refractivity contribution is -0.138. The molecule has 0 atom stereocenters. The van der Waals surface area contributed by atoms with E-state index in [2.05, 4.69) is 6.58 Å². The Balaban J connectivity index is 2.83. The lowest BCUT2D eigenvalue weighted by Crippen LogP contribution is -2.29. The van der Waals surface area contributed by atoms with Crippen molar-refractivity contribution in [2.45, 2.75) is 6.54 Å². The van der Waals surface area contributed by atoms with Crippen LogP contribution in [0.1, 0.15) is 11.1 Å². The van der Waals surface area contributed by atoms with Crippen LogP contribution in [0.3, 0.4) is 0 Å². The van der Waals surface area contributed by atoms with Crippen LogP contribution in [0.2, 0.25) is 0 Å². The van der Waals surface area contributed by atoms with E-state index < -0.39 is 11.8 Å². The number of rotatable bonds is 6. The highest BCUT2D eigenvalue weighted by molar-refractivity contribution is 5.69. The maximum atomic E-state index is 13.6. The summed E-state index contributed by atoms with van der Waals surface area (Å²) < 4.78 is 13.6. The third kappa shape index (κ3) is 4.00. The Labute approximate surface area is 105 Å². The number of nitriles is 1. The standard InChI is InChI=1S/C13H13FN2O2/c1-2-5-16(9-13(17)18)8-11-4-3-10(7-15)6-12(11)14/h2-4,6H,1,5,8-9H2,(H,17,18). The molecule has 0 heterocycles. The Hall–Kier alpha value is -2.19. The summed E-state index contributed by atoms with van der Waals surface area (Å²) in [6.45, 7) is 3.85. The van der Waals surface area contributed by atoms with Gasteiger partial charge in [0, 0.05) is 18.7 Å². The summed E-state index contributed by atoms with van der Waals surface area (Å²) in [6, 6.07) is 5.98. The van der Waals surface area contributed by atoms with Crippen LogP contribution in [0.5, 0.6) is 0 Å². The van der Waals surface area contributed by atoms with E-state index in [1.165, 1.54) is 12.1 Å². The average Bonchev–Trinajstić information content (AvgIpc) is 2.31. The lowest BCUT2D eigenvalue weighted by Gasteiger charge is -2.18. The summed E-state index contributed by atoms with van der Waals surface area (Å²) in [6.07, 6.45) is 1.56. The van der Waals surface area contributed by atoms with Crippen LogP contribution in [0.15, 0.2) is 30.9 Å². The summed E-state index contributed by atoms with van der Waals surface area (Å²) in [7, 11) is 0. The number of aliphatic carboxylic acids is 1. The third-order valence-electron chi connectivity index (χ3n) is 2.32. The molecule has 0 bridgehead atoms. The number of benzene rings is 1. The quantitative estimate of drug-likeness (QED) is 0.779. The minimum Gasteiger partial charge on any atom is -0.480 e. The Bertz CT molecular complexity index is 494. The van der Waals surface area contributed by atoms with Gasteiger partial charge in [-0.25, -0.2) is 4.39 Å². The molecule has 0 radical (unpaired) electrons. The maximum Gasteiger partial charge on any atom is 0.317 e. The van der Waals surface area contributed by atoms with Crippen LogP contribution in [-0.4, -0.2) is 29.1 Å². The zero-order valence-corrected chi connectivity index (χ0v) is 9.77. The molecular formula is C13H13FN2O2. The van der Waals surface area contributed by atoms with Crippen molar-refractivity contribution >= 4 is 5.97 Å². The van der Waals surface area contributed by atoms with Crippen LogP contribution in [0, 0.1) is 17.1 Å². The Morgan fingerprint density at radius 2 is 2.33 bits per heavy atom. The van der Waals surface area contributed by atoms with Gasteiger partial charge in [0.2, 0.25) is 0 Å². The van der Waals surface area contributed by atoms with Crippen molar-refractivity contribution in [3.05, 3.63) is 47.8 Å². The highest BCUT2D eigenvalue weighted by Gasteiger charge is 2.11. The molecule has 1 N–H and O–H groups in total. The maximum absolute atomic E-state index is 13.6. The number of carbonyl (C=O) groups is 1. The molecule has 1 aromatic rings. The molecule has 5 heteroatoms. The van der Waals surface area contributed by atoms with E-state index in [0.29, 0.717) is 12.1 Å². The van der Waals surface area contributed by atoms with Gasteiger partial charge in [0.05, 0.1) is 18.2 Å². The van der Waals surface area contributed by atoms with E-state index in [1.54, 1.807) is 11.0 Å². The molecule has 0 saturated heterocycles. The molecule has 18 heavy (non-hydrogen) atoms. The number of halogens is 1. The van der Waals surface area contributed by atoms with Gasteiger partial charge in [0.25, 0.3) is 0 Å². The van der Waals surface area contributed by atoms with Gasteiger partial charge in [0.15, 0.2) is 0 Å². The summed E-state index contributed by atoms with van der Waals surface area (Å²) in [5, 5.41) is 17.3. The van der Waals surface area contributed by atoms with Crippen LogP contribution in [0.25, 0.3) is 0 Å². The molecule has 0 aliphatic heterocycles. The van der Waals surface area contributed by atoms with E-state index in [1.807, 2.05) is 6.07 Å². The molecule has 4 nitrogen and oxygen atoms in total. The highest BCUT2D eigenvalue weighted by Crippen LogP contribution is 2.12. The first-order chi connectivity index (χ1) is 8.56. The number of hydrogen-bond acceptors (Lipinski definition) is 3. The third-order valence-corrected chi connectivity index (χ3v) is 2.32. The molecule has 0 aliphatic rings. The van der Waals surface area contributed by atoms with Gasteiger partial charge in [-0.1, -0.05) is 12.1 Å². The fourth-order valence-corrected chi connectivity index (χ4v) is 1.54. The van der Waals surface area contributed by atoms with Crippen molar-refractivity contribution in [1.82, 2.24) is 4.90 Å². The van der Waals surface area contributed by atoms with Crippen LogP contribution < -0.4 is 0 Å². The molecule has 0 saturated carbocycles. The molecule has 0 aliphatic carbocycles. The molecule has 1 aromatic carbocycles. The van der Waals surface area contributed by atoms with Gasteiger partial charge in [-0.05, 0) is 12.1 Å². The number of nitrogens with zero attached hydrogens (tertiary/aromatic N) is 2. The molecule has 94 valence electrons. The molecule has 0 aromatic heterocycles. The normalized spacial score (nSPS) is 10.1. The minimum atomic E-state index is -0.981. The van der Waals surface area contributed by atoms with E-state index in [-0.39, 0.29) is 18.7 Å². The lowest BCUT2D eigenvalue weighted by atomic mass is 10.1. The fraction of sp³-hybridized carbons (Fsp3) is 0.231. The first-order valence-corrected chi connectivity index (χ1v) is 5.30. The van der Waals surface area contributed by atoms with Gasteiger partial charge in [0.1, 0.15) is 5.82 Å². The molecule has 0 spiro atoms. The second-order valence-electron chi connectivity index (χ2n) is 3.77. The van der Waals surface area contributed by atoms with E-state index >= 15 is 0 Å². The summed E-state index contributed by atoms with van der Waals surface area (Å²) in [5.41, 5.74) is 0.599. The second kappa shape index (κ2) is 6.52. The predicted molar refractivity (Wildman–Crippen MR) is 64.2 cm³/mol. The summed E-state index contributed by atoms with van der Waals surface area (Å²) in [4.78, 5) is 12.2. The van der Waals surface area contributed by atoms with Crippen molar-refractivity contribution in [3.8, 4) is 6.07 Å². The van der Waals surface area contributed by atoms with E-state index in [0.717, 1.165) is 6.07 Å². The first kappa shape index (κ1) is 13.9. The molecule has 0 fully saturated rings. The Morgan fingerprint density at radius 1 is 1.61 bits per heavy atom. The molecule has 0 unspecified atom stereocenters. The zero-order valence-electron chi connectivity index (χ0n) is 9.77. The first-order valence-electron chi connectivity index (χ1n) is 5.30. The van der Waals surface area contributed by atoms with E-state index in [4.69, 9.17) is 10.4 Å². The van der Waals surface area contributed by atoms with Crippen LogP contribution in [0.4, 0.5) is 4.39 Å². The topological polar surface area (TPSA) is 64.3 Å². The van der Waals surface area contributed by atoms with Crippen molar-refractivity contribution in [1.29, 1.82) is 5.26 Å². The SMILES string of the molecule is C=CCN(CC(=O)O)Cc1ccc(C#N)cc1F. The van der Waals surface area contributed by atoms with Gasteiger partial charge in [-0.15, -0.1) is 6.58 Å². The molecule has 1 rings (SSSR count). The molecular weight excluding hydrogens is 235 g/mol. The average molecular weight is 248 g/mol. The smallest absolute Gasteiger partial charge is 0.317 e. The minimum absolute atomic E-state index is 0.163. The highest BCUT2D eigenvalue weighted by atomic mass is 19.1. The molecule has 0 amide bonds. The van der Waals surface area contributed by atoms with Gasteiger partial charge < -0.3 is 5.11 Å². The van der Waals surface area contributed by atoms with Crippen molar-refractivity contribution in [3.63, 3.8) is 0 Å². The Morgan fingerprint density at radius 3 is 2.83 bits per heavy atom. The van der Waals surface area contributed by atoms with Crippen molar-refractivity contribution in [2.75, 3.05) is 13.1 Å². The van der Waals surface area contributed by atoms with Gasteiger partial charge >= 0.3 is 5.97 Å². The monoisotopic (exact) mass is 248 g/mol. The van der Waals surface area contributed by atoms with Gasteiger partial charge in [-0.3, -0.25) is 9.69 Å².